The number of hydrogen-bond acceptors (Lipinski definition) is 1. The second-order valence-corrected chi connectivity index (χ2v) is 33.4. The SMILES string of the molecule is CC(C)(C)O[Si](c1ccccc1)(c1ccccc1)[Si](c1ccccc1)(c1ccccc1)[Si](Cl)(c1ccccc1)c1ccccc1. The lowest BCUT2D eigenvalue weighted by Gasteiger charge is -2.56. The first kappa shape index (κ1) is 31.2. The monoisotopic (exact) mass is 654 g/mol. The van der Waals surface area contributed by atoms with E-state index in [1.165, 1.54) is 31.1 Å². The van der Waals surface area contributed by atoms with Crippen molar-refractivity contribution >= 4 is 64.0 Å². The third-order valence-corrected chi connectivity index (χ3v) is 43.9. The summed E-state index contributed by atoms with van der Waals surface area (Å²) in [5, 5.41) is 7.50. The van der Waals surface area contributed by atoms with Crippen LogP contribution >= 0.6 is 11.1 Å². The molecule has 6 aromatic rings. The fourth-order valence-electron chi connectivity index (χ4n) is 7.12. The van der Waals surface area contributed by atoms with Gasteiger partial charge in [-0.25, -0.2) is 0 Å². The van der Waals surface area contributed by atoms with Crippen LogP contribution < -0.4 is 31.1 Å². The van der Waals surface area contributed by atoms with Crippen molar-refractivity contribution in [3.05, 3.63) is 182 Å². The average molecular weight is 655 g/mol. The Kier molecular flexibility index (Phi) is 8.96. The maximum Gasteiger partial charge on any atom is 0.251 e. The zero-order valence-electron chi connectivity index (χ0n) is 26.1. The Labute approximate surface area is 275 Å². The molecule has 0 bridgehead atoms. The van der Waals surface area contributed by atoms with E-state index in [4.69, 9.17) is 15.5 Å². The third kappa shape index (κ3) is 5.41. The van der Waals surface area contributed by atoms with Gasteiger partial charge >= 0.3 is 0 Å². The van der Waals surface area contributed by atoms with Gasteiger partial charge in [0.05, 0.1) is 0 Å². The molecule has 0 aliphatic rings. The second-order valence-electron chi connectivity index (χ2n) is 12.5. The first-order chi connectivity index (χ1) is 21.8. The highest BCUT2D eigenvalue weighted by molar-refractivity contribution is 7.92. The molecule has 0 saturated carbocycles. The van der Waals surface area contributed by atoms with Crippen LogP contribution in [0.4, 0.5) is 0 Å². The van der Waals surface area contributed by atoms with E-state index < -0.39 is 27.4 Å². The molecule has 0 amide bonds. The summed E-state index contributed by atoms with van der Waals surface area (Å²) in [5.41, 5.74) is -0.473. The molecule has 0 radical (unpaired) electrons. The summed E-state index contributed by atoms with van der Waals surface area (Å²) in [6.07, 6.45) is 0. The third-order valence-electron chi connectivity index (χ3n) is 8.62. The van der Waals surface area contributed by atoms with Crippen LogP contribution in [-0.4, -0.2) is 27.4 Å². The van der Waals surface area contributed by atoms with Crippen molar-refractivity contribution in [2.45, 2.75) is 26.4 Å². The maximum atomic E-state index is 8.95. The van der Waals surface area contributed by atoms with Crippen LogP contribution in [0.25, 0.3) is 0 Å². The molecule has 0 aliphatic heterocycles. The van der Waals surface area contributed by atoms with E-state index in [2.05, 4.69) is 203 Å². The van der Waals surface area contributed by atoms with Gasteiger partial charge in [-0.3, -0.25) is 0 Å². The lowest BCUT2D eigenvalue weighted by Crippen LogP contribution is -2.99. The number of hydrogen-bond donors (Lipinski definition) is 0. The molecule has 1 nitrogen and oxygen atoms in total. The zero-order chi connectivity index (χ0) is 31.4. The fourth-order valence-corrected chi connectivity index (χ4v) is 50.5. The molecule has 0 heterocycles. The number of rotatable bonds is 9. The highest BCUT2D eigenvalue weighted by atomic mass is 35.6. The normalized spacial score (nSPS) is 12.5. The largest absolute Gasteiger partial charge is 0.405 e. The molecular weight excluding hydrogens is 616 g/mol. The van der Waals surface area contributed by atoms with E-state index in [1.54, 1.807) is 0 Å². The van der Waals surface area contributed by atoms with Gasteiger partial charge in [0.25, 0.3) is 7.83 Å². The van der Waals surface area contributed by atoms with Gasteiger partial charge in [0.15, 0.2) is 7.11 Å². The molecule has 0 aliphatic carbocycles. The van der Waals surface area contributed by atoms with Crippen molar-refractivity contribution in [3.8, 4) is 0 Å². The van der Waals surface area contributed by atoms with Gasteiger partial charge in [-0.2, -0.15) is 11.1 Å². The summed E-state index contributed by atoms with van der Waals surface area (Å²) < 4.78 is 8.01. The molecule has 0 saturated heterocycles. The van der Waals surface area contributed by atoms with Crippen LogP contribution in [0.3, 0.4) is 0 Å². The predicted molar refractivity (Wildman–Crippen MR) is 200 cm³/mol. The van der Waals surface area contributed by atoms with Crippen molar-refractivity contribution in [3.63, 3.8) is 0 Å². The van der Waals surface area contributed by atoms with Crippen LogP contribution in [0.2, 0.25) is 0 Å². The Morgan fingerprint density at radius 1 is 0.378 bits per heavy atom. The van der Waals surface area contributed by atoms with Gasteiger partial charge in [-0.05, 0) is 41.5 Å². The van der Waals surface area contributed by atoms with E-state index in [1.807, 2.05) is 0 Å². The summed E-state index contributed by atoms with van der Waals surface area (Å²) in [5.74, 6) is 0. The zero-order valence-corrected chi connectivity index (χ0v) is 29.9. The van der Waals surface area contributed by atoms with Crippen LogP contribution in [0.15, 0.2) is 182 Å². The Morgan fingerprint density at radius 3 is 0.889 bits per heavy atom. The van der Waals surface area contributed by atoms with Gasteiger partial charge in [0.2, 0.25) is 6.90 Å². The van der Waals surface area contributed by atoms with Crippen molar-refractivity contribution in [1.29, 1.82) is 0 Å². The van der Waals surface area contributed by atoms with Crippen molar-refractivity contribution < 1.29 is 4.43 Å². The average Bonchev–Trinajstić information content (AvgIpc) is 3.10. The minimum Gasteiger partial charge on any atom is -0.405 e. The lowest BCUT2D eigenvalue weighted by molar-refractivity contribution is 0.132. The van der Waals surface area contributed by atoms with Gasteiger partial charge in [0, 0.05) is 5.60 Å². The highest BCUT2D eigenvalue weighted by Gasteiger charge is 2.73. The summed E-state index contributed by atoms with van der Waals surface area (Å²) in [6.45, 7) is 3.30. The predicted octanol–water partition coefficient (Wildman–Crippen LogP) is 5.98. The van der Waals surface area contributed by atoms with Gasteiger partial charge in [-0.1, -0.05) is 192 Å². The Morgan fingerprint density at radius 2 is 0.622 bits per heavy atom. The maximum absolute atomic E-state index is 8.95. The van der Waals surface area contributed by atoms with Gasteiger partial charge < -0.3 is 4.43 Å². The van der Waals surface area contributed by atoms with E-state index in [0.717, 1.165) is 0 Å². The molecule has 45 heavy (non-hydrogen) atoms. The minimum absolute atomic E-state index is 0.473. The van der Waals surface area contributed by atoms with Gasteiger partial charge in [-0.15, -0.1) is 0 Å². The first-order valence-corrected chi connectivity index (χ1v) is 24.5. The molecule has 0 unspecified atom stereocenters. The van der Waals surface area contributed by atoms with E-state index in [-0.39, 0.29) is 0 Å². The van der Waals surface area contributed by atoms with Crippen molar-refractivity contribution in [1.82, 2.24) is 0 Å². The van der Waals surface area contributed by atoms with E-state index in [0.29, 0.717) is 0 Å². The molecule has 0 atom stereocenters. The summed E-state index contributed by atoms with van der Waals surface area (Å²) in [4.78, 5) is 0. The summed E-state index contributed by atoms with van der Waals surface area (Å²) in [7, 11) is -6.71. The smallest absolute Gasteiger partial charge is 0.251 e. The molecule has 0 aromatic heterocycles. The molecule has 0 N–H and O–H groups in total. The standard InChI is InChI=1S/C40H39ClOSi3/c1-40(2,3)42-44(36-26-14-6-15-27-36,37-28-16-7-17-29-37)45(38-30-18-8-19-31-38,39-32-20-9-21-33-39)43(41,34-22-10-4-11-23-34)35-24-12-5-13-25-35/h4-33H,1-3H3. The van der Waals surface area contributed by atoms with Gasteiger partial charge in [0.1, 0.15) is 0 Å². The topological polar surface area (TPSA) is 9.23 Å². The molecule has 6 aromatic carbocycles. The molecular formula is C40H39ClOSi3. The van der Waals surface area contributed by atoms with E-state index in [9.17, 15) is 0 Å². The Hall–Kier alpha value is -3.78. The van der Waals surface area contributed by atoms with Crippen LogP contribution in [-0.2, 0) is 4.43 Å². The van der Waals surface area contributed by atoms with Crippen LogP contribution in [0.1, 0.15) is 20.8 Å². The molecule has 5 heteroatoms. The minimum atomic E-state index is -3.38. The van der Waals surface area contributed by atoms with Crippen LogP contribution in [0.5, 0.6) is 0 Å². The second kappa shape index (κ2) is 12.9. The summed E-state index contributed by atoms with van der Waals surface area (Å²) >= 11 is 8.95. The Bertz CT molecular complexity index is 1680. The molecule has 0 spiro atoms. The fraction of sp³-hybridized carbons (Fsp3) is 0.100. The van der Waals surface area contributed by atoms with Crippen molar-refractivity contribution in [2.75, 3.05) is 0 Å². The Balaban J connectivity index is 1.98. The summed E-state index contributed by atoms with van der Waals surface area (Å²) in [6, 6.07) is 66.4. The van der Waals surface area contributed by atoms with Crippen molar-refractivity contribution in [2.24, 2.45) is 0 Å². The lowest BCUT2D eigenvalue weighted by atomic mass is 10.2. The number of benzene rings is 6. The molecule has 224 valence electrons. The first-order valence-electron chi connectivity index (χ1n) is 15.6. The van der Waals surface area contributed by atoms with Crippen LogP contribution in [0, 0.1) is 0 Å². The molecule has 6 rings (SSSR count). The van der Waals surface area contributed by atoms with E-state index >= 15 is 0 Å². The quantitative estimate of drug-likeness (QED) is 0.138. The highest BCUT2D eigenvalue weighted by Crippen LogP contribution is 2.35. The number of halogens is 1. The molecule has 0 fully saturated rings.